The molecule has 0 spiro atoms. The fourth-order valence-electron chi connectivity index (χ4n) is 6.88. The number of aliphatic carboxylic acids is 1. The molecule has 4 fully saturated rings. The maximum atomic E-state index is 13.8. The Labute approximate surface area is 204 Å². The number of hydrogen-bond donors (Lipinski definition) is 2. The smallest absolute Gasteiger partial charge is 0.408 e. The number of alkyl carbamates (subject to hydrolysis) is 1. The van der Waals surface area contributed by atoms with Crippen molar-refractivity contribution in [1.29, 1.82) is 0 Å². The number of rotatable bonds is 5. The first-order valence-corrected chi connectivity index (χ1v) is 12.6. The summed E-state index contributed by atoms with van der Waals surface area (Å²) in [5.41, 5.74) is 2.37. The van der Waals surface area contributed by atoms with Gasteiger partial charge in [-0.05, 0) is 53.9 Å². The molecule has 182 valence electrons. The van der Waals surface area contributed by atoms with Gasteiger partial charge in [0.2, 0.25) is 5.91 Å². The van der Waals surface area contributed by atoms with Gasteiger partial charge in [-0.1, -0.05) is 67.8 Å². The zero-order chi connectivity index (χ0) is 24.2. The lowest BCUT2D eigenvalue weighted by molar-refractivity contribution is -0.161. The van der Waals surface area contributed by atoms with E-state index < -0.39 is 23.1 Å². The lowest BCUT2D eigenvalue weighted by Gasteiger charge is -2.44. The van der Waals surface area contributed by atoms with Crippen molar-refractivity contribution < 1.29 is 24.2 Å². The number of carbonyl (C=O) groups excluding carboxylic acids is 2. The third-order valence-corrected chi connectivity index (χ3v) is 8.65. The van der Waals surface area contributed by atoms with Crippen LogP contribution in [0.25, 0.3) is 11.1 Å². The van der Waals surface area contributed by atoms with Gasteiger partial charge in [0.1, 0.15) is 17.7 Å². The summed E-state index contributed by atoms with van der Waals surface area (Å²) in [4.78, 5) is 40.5. The van der Waals surface area contributed by atoms with Crippen LogP contribution in [0.5, 0.6) is 0 Å². The van der Waals surface area contributed by atoms with E-state index in [2.05, 4.69) is 29.6 Å². The number of carboxylic acid groups (broad SMARTS) is 1. The number of benzene rings is 2. The molecule has 2 aromatic carbocycles. The first-order valence-electron chi connectivity index (χ1n) is 12.6. The monoisotopic (exact) mass is 474 g/mol. The first kappa shape index (κ1) is 22.1. The van der Waals surface area contributed by atoms with Crippen molar-refractivity contribution in [2.24, 2.45) is 5.92 Å². The van der Waals surface area contributed by atoms with Crippen LogP contribution in [0.15, 0.2) is 48.5 Å². The van der Waals surface area contributed by atoms with Crippen LogP contribution in [0.1, 0.15) is 62.0 Å². The van der Waals surface area contributed by atoms with E-state index in [9.17, 15) is 19.5 Å². The van der Waals surface area contributed by atoms with Crippen molar-refractivity contribution in [2.45, 2.75) is 61.9 Å². The molecule has 2 heterocycles. The van der Waals surface area contributed by atoms with Crippen LogP contribution in [0, 0.1) is 5.92 Å². The van der Waals surface area contributed by atoms with Gasteiger partial charge in [-0.2, -0.15) is 0 Å². The standard InChI is InChI=1S/C28H30N2O5/c31-24(30-16-18-14-28(30,15-18)25(32)33)27(12-6-1-7-13-27)29-26(34)35-17-23-21-10-4-2-8-19(21)20-9-3-5-11-22(20)23/h2-5,8-11,18,23H,1,6-7,12-17H2,(H,29,34)(H,32,33). The average Bonchev–Trinajstić information content (AvgIpc) is 3.51. The van der Waals surface area contributed by atoms with Crippen LogP contribution in [0.3, 0.4) is 0 Å². The number of fused-ring (bicyclic) bond motifs is 4. The van der Waals surface area contributed by atoms with Crippen molar-refractivity contribution >= 4 is 18.0 Å². The molecule has 7 heteroatoms. The Morgan fingerprint density at radius 1 is 0.943 bits per heavy atom. The van der Waals surface area contributed by atoms with Gasteiger partial charge in [-0.25, -0.2) is 9.59 Å². The van der Waals surface area contributed by atoms with Crippen molar-refractivity contribution in [3.05, 3.63) is 59.7 Å². The van der Waals surface area contributed by atoms with Crippen LogP contribution in [-0.4, -0.2) is 52.2 Å². The Kier molecular flexibility index (Phi) is 5.13. The van der Waals surface area contributed by atoms with Gasteiger partial charge in [0.15, 0.2) is 0 Å². The molecular formula is C28H30N2O5. The van der Waals surface area contributed by atoms with Crippen LogP contribution in [-0.2, 0) is 14.3 Å². The van der Waals surface area contributed by atoms with E-state index in [0.717, 1.165) is 41.5 Å². The van der Waals surface area contributed by atoms with Crippen LogP contribution in [0.4, 0.5) is 4.79 Å². The second-order valence-electron chi connectivity index (χ2n) is 10.6. The summed E-state index contributed by atoms with van der Waals surface area (Å²) in [5.74, 6) is -1.02. The summed E-state index contributed by atoms with van der Waals surface area (Å²) in [6.45, 7) is 0.633. The van der Waals surface area contributed by atoms with Gasteiger partial charge >= 0.3 is 12.1 Å². The summed E-state index contributed by atoms with van der Waals surface area (Å²) >= 11 is 0. The zero-order valence-electron chi connectivity index (χ0n) is 19.7. The molecule has 35 heavy (non-hydrogen) atoms. The molecule has 0 unspecified atom stereocenters. The van der Waals surface area contributed by atoms with Crippen molar-refractivity contribution in [3.8, 4) is 11.1 Å². The second kappa shape index (κ2) is 8.11. The van der Waals surface area contributed by atoms with Crippen molar-refractivity contribution in [3.63, 3.8) is 0 Å². The maximum absolute atomic E-state index is 13.8. The number of ether oxygens (including phenoxy) is 1. The van der Waals surface area contributed by atoms with E-state index in [0.29, 0.717) is 32.2 Å². The Bertz CT molecular complexity index is 1150. The molecule has 2 saturated carbocycles. The Morgan fingerprint density at radius 3 is 2.14 bits per heavy atom. The highest BCUT2D eigenvalue weighted by Crippen LogP contribution is 2.52. The Hall–Kier alpha value is -3.35. The van der Waals surface area contributed by atoms with Gasteiger partial charge in [0.25, 0.3) is 0 Å². The van der Waals surface area contributed by atoms with Gasteiger partial charge in [-0.15, -0.1) is 0 Å². The molecule has 0 aromatic heterocycles. The lowest BCUT2D eigenvalue weighted by atomic mass is 9.72. The average molecular weight is 475 g/mol. The molecule has 5 aliphatic rings. The minimum atomic E-state index is -1.10. The molecular weight excluding hydrogens is 444 g/mol. The van der Waals surface area contributed by atoms with Gasteiger partial charge < -0.3 is 20.1 Å². The molecule has 7 nitrogen and oxygen atoms in total. The van der Waals surface area contributed by atoms with Crippen molar-refractivity contribution in [2.75, 3.05) is 13.2 Å². The number of carboxylic acids is 1. The van der Waals surface area contributed by atoms with E-state index in [1.54, 1.807) is 0 Å². The third kappa shape index (κ3) is 3.35. The zero-order valence-corrected chi connectivity index (χ0v) is 19.7. The Balaban J connectivity index is 1.20. The number of nitrogens with one attached hydrogen (secondary N) is 1. The van der Waals surface area contributed by atoms with Gasteiger partial charge in [0, 0.05) is 12.5 Å². The summed E-state index contributed by atoms with van der Waals surface area (Å²) in [6.07, 6.45) is 4.04. The lowest BCUT2D eigenvalue weighted by Crippen LogP contribution is -2.65. The highest BCUT2D eigenvalue weighted by atomic mass is 16.5. The van der Waals surface area contributed by atoms with Gasteiger partial charge in [-0.3, -0.25) is 4.79 Å². The summed E-state index contributed by atoms with van der Waals surface area (Å²) in [5, 5.41) is 12.8. The fourth-order valence-corrected chi connectivity index (χ4v) is 6.88. The predicted molar refractivity (Wildman–Crippen MR) is 129 cm³/mol. The van der Waals surface area contributed by atoms with Crippen LogP contribution in [0.2, 0.25) is 0 Å². The molecule has 0 radical (unpaired) electrons. The first-order chi connectivity index (χ1) is 16.9. The highest BCUT2D eigenvalue weighted by Gasteiger charge is 2.65. The molecule has 3 aliphatic carbocycles. The van der Waals surface area contributed by atoms with E-state index in [1.807, 2.05) is 24.3 Å². The van der Waals surface area contributed by atoms with Crippen LogP contribution < -0.4 is 5.32 Å². The maximum Gasteiger partial charge on any atom is 0.408 e. The Morgan fingerprint density at radius 2 is 1.54 bits per heavy atom. The van der Waals surface area contributed by atoms with Crippen LogP contribution >= 0.6 is 0 Å². The largest absolute Gasteiger partial charge is 0.479 e. The number of hydrogen-bond acceptors (Lipinski definition) is 4. The van der Waals surface area contributed by atoms with Gasteiger partial charge in [0.05, 0.1) is 0 Å². The SMILES string of the molecule is O=C(NC1(C(=O)N2CC3CC2(C(=O)O)C3)CCCCC1)OCC1c2ccccc2-c2ccccc21. The molecule has 7 rings (SSSR count). The fraction of sp³-hybridized carbons (Fsp3) is 0.464. The van der Waals surface area contributed by atoms with E-state index >= 15 is 0 Å². The topological polar surface area (TPSA) is 95.9 Å². The summed E-state index contributed by atoms with van der Waals surface area (Å²) in [6, 6.07) is 16.3. The minimum Gasteiger partial charge on any atom is -0.479 e. The second-order valence-corrected chi connectivity index (χ2v) is 10.6. The summed E-state index contributed by atoms with van der Waals surface area (Å²) < 4.78 is 5.75. The number of carbonyl (C=O) groups is 3. The normalized spacial score (nSPS) is 25.8. The molecule has 2 aromatic rings. The van der Waals surface area contributed by atoms with Crippen molar-refractivity contribution in [1.82, 2.24) is 10.2 Å². The number of nitrogens with zero attached hydrogens (tertiary/aromatic N) is 1. The molecule has 2 aliphatic heterocycles. The summed E-state index contributed by atoms with van der Waals surface area (Å²) in [7, 11) is 0. The quantitative estimate of drug-likeness (QED) is 0.674. The molecule has 2 N–H and O–H groups in total. The van der Waals surface area contributed by atoms with E-state index in [4.69, 9.17) is 4.74 Å². The molecule has 2 amide bonds. The van der Waals surface area contributed by atoms with E-state index in [-0.39, 0.29) is 24.3 Å². The molecule has 0 atom stereocenters. The van der Waals surface area contributed by atoms with E-state index in [1.165, 1.54) is 4.90 Å². The molecule has 2 saturated heterocycles. The third-order valence-electron chi connectivity index (χ3n) is 8.65. The minimum absolute atomic E-state index is 0.0627. The highest BCUT2D eigenvalue weighted by molar-refractivity contribution is 5.96. The number of amides is 2. The predicted octanol–water partition coefficient (Wildman–Crippen LogP) is 4.30. The molecule has 2 bridgehead atoms.